The zero-order valence-electron chi connectivity index (χ0n) is 12.9. The Hall–Kier alpha value is -1.73. The van der Waals surface area contributed by atoms with Crippen LogP contribution in [0.25, 0.3) is 0 Å². The van der Waals surface area contributed by atoms with E-state index in [1.54, 1.807) is 12.3 Å². The molecule has 1 unspecified atom stereocenters. The molecule has 0 bridgehead atoms. The highest BCUT2D eigenvalue weighted by molar-refractivity contribution is 5.90. The number of hydrogen-bond donors (Lipinski definition) is 1. The first-order valence-corrected chi connectivity index (χ1v) is 6.33. The highest BCUT2D eigenvalue weighted by Gasteiger charge is 2.44. The molecule has 0 aromatic carbocycles. The van der Waals surface area contributed by atoms with Crippen molar-refractivity contribution < 1.29 is 19.1 Å². The fraction of sp³-hybridized carbons (Fsp3) is 0.615. The Balaban J connectivity index is 3.14. The maximum atomic E-state index is 10.6. The Morgan fingerprint density at radius 3 is 2.35 bits per heavy atom. The van der Waals surface area contributed by atoms with Gasteiger partial charge in [0.05, 0.1) is 6.08 Å². The second-order valence-corrected chi connectivity index (χ2v) is 6.39. The van der Waals surface area contributed by atoms with Gasteiger partial charge in [0.2, 0.25) is 6.41 Å². The fourth-order valence-corrected chi connectivity index (χ4v) is 1.53. The van der Waals surface area contributed by atoms with Gasteiger partial charge >= 0.3 is 5.96 Å². The number of rotatable bonds is 2. The van der Waals surface area contributed by atoms with E-state index in [-0.39, 0.29) is 5.96 Å². The molecule has 0 saturated carbocycles. The number of carbonyl (C=O) groups excluding carboxylic acids is 1. The number of amides is 1. The number of quaternary nitrogens is 1. The van der Waals surface area contributed by atoms with Crippen LogP contribution in [-0.4, -0.2) is 34.2 Å². The number of nitrogens with two attached hydrogens (primary N) is 1. The van der Waals surface area contributed by atoms with Gasteiger partial charge in [0, 0.05) is 9.86 Å². The molecule has 0 fully saturated rings. The van der Waals surface area contributed by atoms with Crippen LogP contribution in [0, 0.1) is 0 Å². The van der Waals surface area contributed by atoms with Gasteiger partial charge in [0.25, 0.3) is 5.90 Å². The monoisotopic (exact) mass is 283 g/mol. The number of hydrogen-bond acceptors (Lipinski definition) is 4. The number of carbonyl (C=O) groups is 1. The van der Waals surface area contributed by atoms with Crippen molar-refractivity contribution in [2.45, 2.75) is 52.7 Å². The van der Waals surface area contributed by atoms with E-state index in [9.17, 15) is 4.79 Å². The molecule has 0 aromatic heterocycles. The lowest BCUT2D eigenvalue weighted by molar-refractivity contribution is -1.01. The van der Waals surface area contributed by atoms with E-state index >= 15 is 0 Å². The van der Waals surface area contributed by atoms with Crippen LogP contribution in [0.2, 0.25) is 0 Å². The van der Waals surface area contributed by atoms with Crippen molar-refractivity contribution in [3.63, 3.8) is 0 Å². The average Bonchev–Trinajstić information content (AvgIpc) is 2.57. The van der Waals surface area contributed by atoms with Crippen LogP contribution in [0.15, 0.2) is 22.4 Å². The van der Waals surface area contributed by atoms with Crippen molar-refractivity contribution in [3.8, 4) is 0 Å². The number of guanidine groups is 1. The Morgan fingerprint density at radius 2 is 1.90 bits per heavy atom. The number of aliphatic imine (C=N–C) groups is 1. The fourth-order valence-electron chi connectivity index (χ4n) is 1.53. The van der Waals surface area contributed by atoms with Gasteiger partial charge in [-0.2, -0.15) is 4.84 Å². The molecule has 0 spiro atoms. The summed E-state index contributed by atoms with van der Waals surface area (Å²) in [5, 5.41) is 4.29. The van der Waals surface area contributed by atoms with Gasteiger partial charge < -0.3 is 10.5 Å². The van der Waals surface area contributed by atoms with Gasteiger partial charge in [-0.3, -0.25) is 4.79 Å². The van der Waals surface area contributed by atoms with Gasteiger partial charge in [0.15, 0.2) is 6.20 Å². The van der Waals surface area contributed by atoms with Gasteiger partial charge in [-0.25, -0.2) is 0 Å². The van der Waals surface area contributed by atoms with Crippen molar-refractivity contribution in [2.24, 2.45) is 15.8 Å². The summed E-state index contributed by atoms with van der Waals surface area (Å²) in [5.74, 6) is 0.282. The van der Waals surface area contributed by atoms with Crippen LogP contribution in [-0.2, 0) is 14.4 Å². The molecular formula is C13H23N4O3+. The van der Waals surface area contributed by atoms with Crippen LogP contribution in [0.5, 0.6) is 0 Å². The van der Waals surface area contributed by atoms with Crippen molar-refractivity contribution in [1.82, 2.24) is 0 Å². The maximum absolute atomic E-state index is 10.6. The molecule has 7 nitrogen and oxygen atoms in total. The van der Waals surface area contributed by atoms with Gasteiger partial charge in [-0.05, 0) is 41.5 Å². The standard InChI is InChI=1S/C13H22N4O3/c1-12(2,3)19-10-7-8-17(16-10,11(14)15-9-18)20-13(4,5)6/h7-9H,1-6H3,(H-,14,15,18)/p+1. The van der Waals surface area contributed by atoms with Gasteiger partial charge in [-0.1, -0.05) is 0 Å². The molecule has 1 atom stereocenters. The molecule has 1 aliphatic rings. The second-order valence-electron chi connectivity index (χ2n) is 6.39. The Bertz CT molecular complexity index is 469. The molecule has 0 aromatic rings. The molecule has 1 aliphatic heterocycles. The molecule has 112 valence electrons. The molecule has 20 heavy (non-hydrogen) atoms. The summed E-state index contributed by atoms with van der Waals surface area (Å²) in [6.07, 6.45) is 3.58. The topological polar surface area (TPSA) is 86.3 Å². The lowest BCUT2D eigenvalue weighted by Crippen LogP contribution is -2.51. The summed E-state index contributed by atoms with van der Waals surface area (Å²) in [6, 6.07) is 0. The molecule has 7 heteroatoms. The third kappa shape index (κ3) is 4.43. The molecular weight excluding hydrogens is 260 g/mol. The van der Waals surface area contributed by atoms with E-state index in [1.807, 2.05) is 41.5 Å². The minimum absolute atomic E-state index is 0.0846. The molecule has 1 rings (SSSR count). The van der Waals surface area contributed by atoms with Crippen LogP contribution in [0.4, 0.5) is 0 Å². The Morgan fingerprint density at radius 1 is 1.30 bits per heavy atom. The van der Waals surface area contributed by atoms with E-state index in [4.69, 9.17) is 15.3 Å². The number of nitrogens with zero attached hydrogens (tertiary/aromatic N) is 3. The third-order valence-corrected chi connectivity index (χ3v) is 2.00. The van der Waals surface area contributed by atoms with Crippen molar-refractivity contribution in [2.75, 3.05) is 0 Å². The molecule has 1 amide bonds. The van der Waals surface area contributed by atoms with Crippen LogP contribution >= 0.6 is 0 Å². The van der Waals surface area contributed by atoms with Crippen molar-refractivity contribution in [3.05, 3.63) is 12.3 Å². The van der Waals surface area contributed by atoms with Crippen molar-refractivity contribution >= 4 is 18.3 Å². The average molecular weight is 283 g/mol. The van der Waals surface area contributed by atoms with Crippen LogP contribution < -0.4 is 5.73 Å². The minimum Gasteiger partial charge on any atom is -0.468 e. The molecule has 0 saturated heterocycles. The summed E-state index contributed by atoms with van der Waals surface area (Å²) < 4.78 is 5.13. The predicted octanol–water partition coefficient (Wildman–Crippen LogP) is 1.66. The van der Waals surface area contributed by atoms with Gasteiger partial charge in [0.1, 0.15) is 11.2 Å². The molecule has 2 N–H and O–H groups in total. The second kappa shape index (κ2) is 5.34. The highest BCUT2D eigenvalue weighted by atomic mass is 16.8. The maximum Gasteiger partial charge on any atom is 0.369 e. The summed E-state index contributed by atoms with van der Waals surface area (Å²) in [5.41, 5.74) is 4.86. The highest BCUT2D eigenvalue weighted by Crippen LogP contribution is 2.25. The third-order valence-electron chi connectivity index (χ3n) is 2.00. The predicted molar refractivity (Wildman–Crippen MR) is 76.2 cm³/mol. The zero-order chi connectivity index (χ0) is 15.6. The molecule has 0 radical (unpaired) electrons. The first kappa shape index (κ1) is 16.3. The van der Waals surface area contributed by atoms with E-state index in [0.29, 0.717) is 12.3 Å². The normalized spacial score (nSPS) is 23.7. The summed E-state index contributed by atoms with van der Waals surface area (Å²) in [7, 11) is 0. The summed E-state index contributed by atoms with van der Waals surface area (Å²) >= 11 is 0. The molecule has 1 heterocycles. The lowest BCUT2D eigenvalue weighted by Gasteiger charge is -2.28. The van der Waals surface area contributed by atoms with E-state index in [0.717, 1.165) is 0 Å². The minimum atomic E-state index is -0.548. The van der Waals surface area contributed by atoms with E-state index in [2.05, 4.69) is 10.1 Å². The SMILES string of the molecule is CC(C)(C)OC1=N[N+](OC(C)(C)C)(C(N)=NC=O)C=C1. The first-order chi connectivity index (χ1) is 8.97. The largest absolute Gasteiger partial charge is 0.468 e. The lowest BCUT2D eigenvalue weighted by atomic mass is 10.2. The Labute approximate surface area is 119 Å². The van der Waals surface area contributed by atoms with E-state index in [1.165, 1.54) is 0 Å². The van der Waals surface area contributed by atoms with E-state index < -0.39 is 16.0 Å². The van der Waals surface area contributed by atoms with Crippen LogP contribution in [0.1, 0.15) is 41.5 Å². The number of hydroxylamine groups is 2. The Kier molecular flexibility index (Phi) is 4.36. The smallest absolute Gasteiger partial charge is 0.369 e. The molecule has 0 aliphatic carbocycles. The first-order valence-electron chi connectivity index (χ1n) is 6.33. The van der Waals surface area contributed by atoms with Crippen LogP contribution in [0.3, 0.4) is 0 Å². The van der Waals surface area contributed by atoms with Crippen molar-refractivity contribution in [1.29, 1.82) is 0 Å². The summed E-state index contributed by atoms with van der Waals surface area (Å²) in [6.45, 7) is 11.3. The summed E-state index contributed by atoms with van der Waals surface area (Å²) in [4.78, 5) is 19.9. The quantitative estimate of drug-likeness (QED) is 0.361. The zero-order valence-corrected chi connectivity index (χ0v) is 12.9. The number of ether oxygens (including phenoxy) is 1. The van der Waals surface area contributed by atoms with Gasteiger partial charge in [-0.15, -0.1) is 4.99 Å².